The number of carboxylic acid groups (broad SMARTS) is 2. The smallest absolute Gasteiger partial charge is 0.545 e. The van der Waals surface area contributed by atoms with E-state index in [-0.39, 0.29) is 70.2 Å². The van der Waals surface area contributed by atoms with Gasteiger partial charge >= 0.3 is 59.1 Å². The Morgan fingerprint density at radius 3 is 1.47 bits per heavy atom. The first-order valence-electron chi connectivity index (χ1n) is 11.9. The molecule has 0 amide bonds. The summed E-state index contributed by atoms with van der Waals surface area (Å²) in [4.78, 5) is 22.0. The summed E-state index contributed by atoms with van der Waals surface area (Å²) in [6.45, 7) is 2.99. The Balaban J connectivity index is 0. The molecule has 1 N–H and O–H groups in total. The number of carbonyl (C=O) groups excluding carboxylic acids is 2. The fourth-order valence-corrected chi connectivity index (χ4v) is 3.73. The summed E-state index contributed by atoms with van der Waals surface area (Å²) < 4.78 is 0. The zero-order valence-electron chi connectivity index (χ0n) is 20.7. The molecule has 0 fully saturated rings. The third-order valence-corrected chi connectivity index (χ3v) is 5.57. The van der Waals surface area contributed by atoms with Crippen LogP contribution in [0, 0.1) is 0 Å². The van der Waals surface area contributed by atoms with Crippen molar-refractivity contribution in [3.05, 3.63) is 29.3 Å². The second-order valence-corrected chi connectivity index (χ2v) is 8.21. The number of hydrogen-bond donors (Lipinski definition) is 1. The van der Waals surface area contributed by atoms with Crippen molar-refractivity contribution in [2.75, 3.05) is 11.9 Å². The summed E-state index contributed by atoms with van der Waals surface area (Å²) in [6.07, 6.45) is 19.7. The number of nitrogens with one attached hydrogen (secondary N) is 1. The molecule has 5 nitrogen and oxygen atoms in total. The van der Waals surface area contributed by atoms with Crippen molar-refractivity contribution >= 4 is 17.6 Å². The van der Waals surface area contributed by atoms with E-state index in [0.717, 1.165) is 19.4 Å². The van der Waals surface area contributed by atoms with E-state index in [9.17, 15) is 19.8 Å². The van der Waals surface area contributed by atoms with Gasteiger partial charge in [0.05, 0.1) is 11.9 Å². The van der Waals surface area contributed by atoms with Crippen LogP contribution in [0.3, 0.4) is 0 Å². The Hall–Kier alpha value is -0.0400. The average molecular weight is 464 g/mol. The summed E-state index contributed by atoms with van der Waals surface area (Å²) in [7, 11) is 0. The van der Waals surface area contributed by atoms with Gasteiger partial charge in [0.25, 0.3) is 0 Å². The molecule has 0 spiro atoms. The molecular weight excluding hydrogens is 424 g/mol. The molecule has 0 bridgehead atoms. The number of carboxylic acids is 2. The number of hydrogen-bond acceptors (Lipinski definition) is 5. The van der Waals surface area contributed by atoms with E-state index >= 15 is 0 Å². The second-order valence-electron chi connectivity index (χ2n) is 8.21. The maximum atomic E-state index is 11.1. The van der Waals surface area contributed by atoms with Crippen LogP contribution in [0.5, 0.6) is 0 Å². The summed E-state index contributed by atoms with van der Waals surface area (Å²) >= 11 is 0. The van der Waals surface area contributed by atoms with Gasteiger partial charge in [0.15, 0.2) is 0 Å². The minimum Gasteiger partial charge on any atom is -0.545 e. The first kappa shape index (κ1) is 34.1. The molecule has 0 saturated carbocycles. The minimum absolute atomic E-state index is 0. The third-order valence-electron chi connectivity index (χ3n) is 5.57. The predicted octanol–water partition coefficient (Wildman–Crippen LogP) is -1.30. The zero-order chi connectivity index (χ0) is 22.0. The van der Waals surface area contributed by atoms with Crippen molar-refractivity contribution in [3.63, 3.8) is 0 Å². The Morgan fingerprint density at radius 2 is 1.06 bits per heavy atom. The maximum Gasteiger partial charge on any atom is 1.00 e. The van der Waals surface area contributed by atoms with Crippen LogP contribution in [0.1, 0.15) is 124 Å². The molecule has 170 valence electrons. The Labute approximate surface area is 239 Å². The second kappa shape index (κ2) is 22.7. The van der Waals surface area contributed by atoms with Crippen molar-refractivity contribution in [2.45, 2.75) is 103 Å². The molecule has 1 aromatic carbocycles. The molecule has 0 aliphatic heterocycles. The molecule has 1 rings (SSSR count). The molecule has 0 atom stereocenters. The van der Waals surface area contributed by atoms with Crippen LogP contribution in [0.2, 0.25) is 0 Å². The van der Waals surface area contributed by atoms with Gasteiger partial charge in [-0.1, -0.05) is 103 Å². The van der Waals surface area contributed by atoms with Crippen molar-refractivity contribution in [1.82, 2.24) is 0 Å². The van der Waals surface area contributed by atoms with Crippen LogP contribution in [0.25, 0.3) is 0 Å². The quantitative estimate of drug-likeness (QED) is 0.204. The van der Waals surface area contributed by atoms with Crippen molar-refractivity contribution < 1.29 is 78.9 Å². The van der Waals surface area contributed by atoms with Crippen molar-refractivity contribution in [2.24, 2.45) is 0 Å². The van der Waals surface area contributed by atoms with E-state index in [0.29, 0.717) is 5.69 Å². The van der Waals surface area contributed by atoms with Crippen LogP contribution in [0.15, 0.2) is 18.2 Å². The van der Waals surface area contributed by atoms with Crippen molar-refractivity contribution in [1.29, 1.82) is 0 Å². The molecule has 0 radical (unpaired) electrons. The van der Waals surface area contributed by atoms with Gasteiger partial charge in [-0.05, 0) is 18.6 Å². The molecule has 7 heteroatoms. The largest absolute Gasteiger partial charge is 1.00 e. The zero-order valence-corrected chi connectivity index (χ0v) is 24.7. The average Bonchev–Trinajstić information content (AvgIpc) is 2.73. The number of aromatic carboxylic acids is 2. The molecule has 32 heavy (non-hydrogen) atoms. The summed E-state index contributed by atoms with van der Waals surface area (Å²) in [5.41, 5.74) is -0.117. The van der Waals surface area contributed by atoms with E-state index in [1.807, 2.05) is 0 Å². The Morgan fingerprint density at radius 1 is 0.656 bits per heavy atom. The fraction of sp³-hybridized carbons (Fsp3) is 0.680. The van der Waals surface area contributed by atoms with E-state index in [2.05, 4.69) is 12.2 Å². The van der Waals surface area contributed by atoms with Gasteiger partial charge in [0.2, 0.25) is 0 Å². The van der Waals surface area contributed by atoms with Crippen molar-refractivity contribution in [3.8, 4) is 0 Å². The van der Waals surface area contributed by atoms with Gasteiger partial charge in [0, 0.05) is 23.4 Å². The number of unbranched alkanes of at least 4 members (excludes halogenated alkanes) is 14. The summed E-state index contributed by atoms with van der Waals surface area (Å²) in [5, 5.41) is 25.2. The van der Waals surface area contributed by atoms with Crippen LogP contribution in [0.4, 0.5) is 5.69 Å². The van der Waals surface area contributed by atoms with Gasteiger partial charge in [-0.15, -0.1) is 0 Å². The molecule has 0 unspecified atom stereocenters. The van der Waals surface area contributed by atoms with Gasteiger partial charge in [-0.25, -0.2) is 0 Å². The normalized spacial score (nSPS) is 10.2. The molecule has 0 aliphatic carbocycles. The molecule has 0 aliphatic rings. The van der Waals surface area contributed by atoms with Crippen LogP contribution < -0.4 is 74.6 Å². The Bertz CT molecular complexity index is 626. The molecule has 1 aromatic rings. The minimum atomic E-state index is -1.51. The molecule has 0 aromatic heterocycles. The molecular formula is C25H39NNa2O4. The van der Waals surface area contributed by atoms with Gasteiger partial charge < -0.3 is 25.1 Å². The van der Waals surface area contributed by atoms with E-state index < -0.39 is 11.9 Å². The first-order chi connectivity index (χ1) is 14.6. The topological polar surface area (TPSA) is 92.3 Å². The van der Waals surface area contributed by atoms with Crippen LogP contribution in [-0.2, 0) is 0 Å². The maximum absolute atomic E-state index is 11.1. The van der Waals surface area contributed by atoms with Crippen LogP contribution in [-0.4, -0.2) is 18.5 Å². The number of rotatable bonds is 19. The van der Waals surface area contributed by atoms with Crippen LogP contribution >= 0.6 is 0 Å². The SMILES string of the molecule is CCCCCCCCCCCCCCCCCNc1ccc(C(=O)[O-])c(C(=O)[O-])c1.[Na+].[Na+]. The first-order valence-corrected chi connectivity index (χ1v) is 11.9. The fourth-order valence-electron chi connectivity index (χ4n) is 3.73. The standard InChI is InChI=1S/C25H41NO4.2Na/c1-2-3-4-5-6-7-8-9-10-11-12-13-14-15-16-19-26-21-17-18-22(24(27)28)23(20-21)25(29)30;;/h17-18,20,26H,2-16,19H2,1H3,(H,27,28)(H,29,30);;/q;2*+1/p-2. The summed E-state index contributed by atoms with van der Waals surface area (Å²) in [6, 6.07) is 4.10. The van der Waals surface area contributed by atoms with E-state index in [4.69, 9.17) is 0 Å². The van der Waals surface area contributed by atoms with E-state index in [1.165, 1.54) is 95.6 Å². The summed E-state index contributed by atoms with van der Waals surface area (Å²) in [5.74, 6) is -3.02. The Kier molecular flexibility index (Phi) is 24.3. The molecule has 0 heterocycles. The number of benzene rings is 1. The van der Waals surface area contributed by atoms with Gasteiger partial charge in [0.1, 0.15) is 0 Å². The van der Waals surface area contributed by atoms with Gasteiger partial charge in [-0.2, -0.15) is 0 Å². The number of carbonyl (C=O) groups is 2. The monoisotopic (exact) mass is 463 g/mol. The van der Waals surface area contributed by atoms with E-state index in [1.54, 1.807) is 6.07 Å². The predicted molar refractivity (Wildman–Crippen MR) is 119 cm³/mol. The number of anilines is 1. The third kappa shape index (κ3) is 16.6. The van der Waals surface area contributed by atoms with Gasteiger partial charge in [-0.3, -0.25) is 0 Å². The molecule has 0 saturated heterocycles.